The summed E-state index contributed by atoms with van der Waals surface area (Å²) in [5.41, 5.74) is 3.72. The number of hydrogen-bond donors (Lipinski definition) is 0. The lowest BCUT2D eigenvalue weighted by molar-refractivity contribution is -0.150. The Morgan fingerprint density at radius 3 is 2.22 bits per heavy atom. The number of rotatable bonds is 7. The maximum Gasteiger partial charge on any atom is 0.315 e. The van der Waals surface area contributed by atoms with Gasteiger partial charge in [0.2, 0.25) is 0 Å². The largest absolute Gasteiger partial charge is 0.497 e. The molecule has 1 aliphatic heterocycles. The number of ketones is 1. The molecule has 0 bridgehead atoms. The van der Waals surface area contributed by atoms with Crippen LogP contribution in [0.3, 0.4) is 0 Å². The minimum atomic E-state index is -0.727. The van der Waals surface area contributed by atoms with Crippen LogP contribution in [0, 0.1) is 5.92 Å². The highest BCUT2D eigenvalue weighted by Crippen LogP contribution is 2.49. The highest BCUT2D eigenvalue weighted by Gasteiger charge is 2.46. The van der Waals surface area contributed by atoms with Gasteiger partial charge in [0, 0.05) is 41.0 Å². The van der Waals surface area contributed by atoms with Gasteiger partial charge in [-0.2, -0.15) is 0 Å². The number of ether oxygens (including phenoxy) is 4. The maximum absolute atomic E-state index is 13.8. The van der Waals surface area contributed by atoms with Crippen LogP contribution in [0.2, 0.25) is 0 Å². The van der Waals surface area contributed by atoms with Gasteiger partial charge in [0.1, 0.15) is 23.2 Å². The van der Waals surface area contributed by atoms with Gasteiger partial charge in [-0.25, -0.2) is 0 Å². The van der Waals surface area contributed by atoms with Gasteiger partial charge in [0.25, 0.3) is 0 Å². The zero-order chi connectivity index (χ0) is 26.0. The minimum absolute atomic E-state index is 0.00344. The quantitative estimate of drug-likeness (QED) is 0.493. The van der Waals surface area contributed by atoms with Gasteiger partial charge in [-0.3, -0.25) is 14.6 Å². The summed E-state index contributed by atoms with van der Waals surface area (Å²) in [6, 6.07) is 13.3. The molecule has 3 atom stereocenters. The van der Waals surface area contributed by atoms with Gasteiger partial charge in [-0.1, -0.05) is 18.2 Å². The normalized spacial score (nSPS) is 21.6. The summed E-state index contributed by atoms with van der Waals surface area (Å²) in [6.07, 6.45) is 0.646. The second kappa shape index (κ2) is 10.6. The molecule has 4 rings (SSSR count). The number of carbonyl (C=O) groups excluding carboxylic acids is 2. The van der Waals surface area contributed by atoms with Crippen LogP contribution in [0.1, 0.15) is 56.6 Å². The van der Waals surface area contributed by atoms with E-state index < -0.39 is 17.8 Å². The molecule has 7 nitrogen and oxygen atoms in total. The van der Waals surface area contributed by atoms with Crippen molar-refractivity contribution in [3.63, 3.8) is 0 Å². The lowest BCUT2D eigenvalue weighted by Crippen LogP contribution is -2.39. The van der Waals surface area contributed by atoms with E-state index in [1.54, 1.807) is 27.4 Å². The minimum Gasteiger partial charge on any atom is -0.497 e. The molecule has 190 valence electrons. The van der Waals surface area contributed by atoms with E-state index in [-0.39, 0.29) is 17.8 Å². The molecule has 0 spiro atoms. The number of carbonyl (C=O) groups is 2. The standard InChI is InChI=1S/C29H33NO6/c1-16(2)36-29(32)26-17(3)30-23-13-19(18-7-9-20(33-4)10-8-18)14-24(31)28(23)27(26)22-12-11-21(34-5)15-25(22)35-6/h7-12,15-16,19,26-27H,13-14H2,1-6H3/t19-,26?,27-/m1/s1. The Kier molecular flexibility index (Phi) is 7.48. The van der Waals surface area contributed by atoms with Crippen LogP contribution in [0.25, 0.3) is 0 Å². The van der Waals surface area contributed by atoms with Gasteiger partial charge >= 0.3 is 5.97 Å². The first kappa shape index (κ1) is 25.5. The summed E-state index contributed by atoms with van der Waals surface area (Å²) in [4.78, 5) is 31.9. The summed E-state index contributed by atoms with van der Waals surface area (Å²) in [5.74, 6) is 0.241. The summed E-state index contributed by atoms with van der Waals surface area (Å²) in [5, 5.41) is 0. The second-order valence-corrected chi connectivity index (χ2v) is 9.46. The maximum atomic E-state index is 13.8. The molecule has 0 N–H and O–H groups in total. The lowest BCUT2D eigenvalue weighted by atomic mass is 9.69. The van der Waals surface area contributed by atoms with Crippen LogP contribution in [-0.2, 0) is 14.3 Å². The SMILES string of the molecule is COc1ccc([C@H]2CC(=O)C3=C(C2)N=C(C)C(C(=O)OC(C)C)[C@H]3c2ccc(OC)cc2OC)cc1. The van der Waals surface area contributed by atoms with Crippen LogP contribution in [0.5, 0.6) is 17.2 Å². The number of benzene rings is 2. The van der Waals surface area contributed by atoms with E-state index in [1.165, 1.54) is 0 Å². The van der Waals surface area contributed by atoms with E-state index >= 15 is 0 Å². The predicted octanol–water partition coefficient (Wildman–Crippen LogP) is 5.24. The Labute approximate surface area is 212 Å². The number of hydrogen-bond acceptors (Lipinski definition) is 7. The average Bonchev–Trinajstić information content (AvgIpc) is 2.86. The fourth-order valence-corrected chi connectivity index (χ4v) is 5.19. The molecule has 1 unspecified atom stereocenters. The number of allylic oxidation sites excluding steroid dienone is 2. The average molecular weight is 492 g/mol. The number of nitrogens with zero attached hydrogens (tertiary/aromatic N) is 1. The highest BCUT2D eigenvalue weighted by atomic mass is 16.5. The molecule has 0 fully saturated rings. The van der Waals surface area contributed by atoms with Crippen LogP contribution in [0.15, 0.2) is 58.7 Å². The van der Waals surface area contributed by atoms with E-state index in [2.05, 4.69) is 0 Å². The zero-order valence-corrected chi connectivity index (χ0v) is 21.7. The number of methoxy groups -OCH3 is 3. The molecule has 0 aromatic heterocycles. The third-order valence-electron chi connectivity index (χ3n) is 6.86. The van der Waals surface area contributed by atoms with Crippen LogP contribution >= 0.6 is 0 Å². The first-order valence-corrected chi connectivity index (χ1v) is 12.1. The van der Waals surface area contributed by atoms with E-state index in [9.17, 15) is 9.59 Å². The number of aliphatic imine (C=N–C) groups is 1. The summed E-state index contributed by atoms with van der Waals surface area (Å²) in [7, 11) is 4.78. The van der Waals surface area contributed by atoms with Crippen LogP contribution < -0.4 is 14.2 Å². The van der Waals surface area contributed by atoms with Crippen molar-refractivity contribution in [3.8, 4) is 17.2 Å². The number of Topliss-reactive ketones (excluding diaryl/α,β-unsaturated/α-hetero) is 1. The smallest absolute Gasteiger partial charge is 0.315 e. The van der Waals surface area contributed by atoms with Gasteiger partial charge in [0.15, 0.2) is 5.78 Å². The van der Waals surface area contributed by atoms with Crippen molar-refractivity contribution in [1.29, 1.82) is 0 Å². The molecule has 0 saturated heterocycles. The monoisotopic (exact) mass is 491 g/mol. The van der Waals surface area contributed by atoms with Gasteiger partial charge in [-0.15, -0.1) is 0 Å². The van der Waals surface area contributed by atoms with Crippen molar-refractivity contribution in [2.75, 3.05) is 21.3 Å². The molecule has 0 radical (unpaired) electrons. The van der Waals surface area contributed by atoms with Crippen molar-refractivity contribution in [1.82, 2.24) is 0 Å². The summed E-state index contributed by atoms with van der Waals surface area (Å²) < 4.78 is 22.0. The second-order valence-electron chi connectivity index (χ2n) is 9.46. The van der Waals surface area contributed by atoms with Crippen molar-refractivity contribution in [2.24, 2.45) is 10.9 Å². The van der Waals surface area contributed by atoms with E-state index in [1.807, 2.05) is 57.2 Å². The molecule has 36 heavy (non-hydrogen) atoms. The molecule has 2 aliphatic rings. The van der Waals surface area contributed by atoms with Crippen molar-refractivity contribution in [3.05, 3.63) is 64.9 Å². The molecule has 2 aromatic carbocycles. The summed E-state index contributed by atoms with van der Waals surface area (Å²) in [6.45, 7) is 5.46. The van der Waals surface area contributed by atoms with Crippen molar-refractivity contribution in [2.45, 2.75) is 51.6 Å². The Hall–Kier alpha value is -3.61. The molecule has 1 aliphatic carbocycles. The summed E-state index contributed by atoms with van der Waals surface area (Å²) >= 11 is 0. The molecular formula is C29H33NO6. The van der Waals surface area contributed by atoms with E-state index in [0.717, 1.165) is 22.6 Å². The third-order valence-corrected chi connectivity index (χ3v) is 6.86. The topological polar surface area (TPSA) is 83.4 Å². The van der Waals surface area contributed by atoms with E-state index in [0.29, 0.717) is 35.6 Å². The van der Waals surface area contributed by atoms with E-state index in [4.69, 9.17) is 23.9 Å². The Balaban J connectivity index is 1.82. The molecule has 7 heteroatoms. The van der Waals surface area contributed by atoms with Crippen LogP contribution in [-0.4, -0.2) is 44.9 Å². The zero-order valence-electron chi connectivity index (χ0n) is 21.7. The van der Waals surface area contributed by atoms with Gasteiger partial charge in [-0.05, 0) is 56.9 Å². The molecule has 1 heterocycles. The fourth-order valence-electron chi connectivity index (χ4n) is 5.19. The lowest BCUT2D eigenvalue weighted by Gasteiger charge is -2.37. The Morgan fingerprint density at radius 1 is 0.944 bits per heavy atom. The first-order chi connectivity index (χ1) is 17.3. The first-order valence-electron chi connectivity index (χ1n) is 12.1. The fraction of sp³-hybridized carbons (Fsp3) is 0.414. The Bertz CT molecular complexity index is 1210. The van der Waals surface area contributed by atoms with Crippen LogP contribution in [0.4, 0.5) is 0 Å². The molecule has 2 aromatic rings. The van der Waals surface area contributed by atoms with Crippen molar-refractivity contribution >= 4 is 17.5 Å². The predicted molar refractivity (Wildman–Crippen MR) is 137 cm³/mol. The van der Waals surface area contributed by atoms with Crippen molar-refractivity contribution < 1.29 is 28.5 Å². The number of esters is 1. The van der Waals surface area contributed by atoms with Gasteiger partial charge in [0.05, 0.1) is 27.4 Å². The molecule has 0 saturated carbocycles. The van der Waals surface area contributed by atoms with Gasteiger partial charge < -0.3 is 18.9 Å². The Morgan fingerprint density at radius 2 is 1.61 bits per heavy atom. The molecule has 0 amide bonds. The molecular weight excluding hydrogens is 458 g/mol. The third kappa shape index (κ3) is 4.87. The highest BCUT2D eigenvalue weighted by molar-refractivity contribution is 6.09.